The van der Waals surface area contributed by atoms with E-state index in [-0.39, 0.29) is 12.4 Å². The molecule has 4 N–H and O–H groups in total. The lowest BCUT2D eigenvalue weighted by Crippen LogP contribution is -2.39. The third kappa shape index (κ3) is 1.21. The van der Waals surface area contributed by atoms with Crippen molar-refractivity contribution in [1.82, 2.24) is 19.1 Å². The molecule has 2 aliphatic rings. The van der Waals surface area contributed by atoms with Crippen LogP contribution in [0.2, 0.25) is 0 Å². The molecule has 2 aromatic heterocycles. The van der Waals surface area contributed by atoms with Gasteiger partial charge in [-0.05, 0) is 0 Å². The predicted octanol–water partition coefficient (Wildman–Crippen LogP) is -2.19. The predicted molar refractivity (Wildman–Crippen MR) is 62.1 cm³/mol. The van der Waals surface area contributed by atoms with Gasteiger partial charge in [0.15, 0.2) is 17.7 Å². The zero-order valence-corrected chi connectivity index (χ0v) is 9.67. The summed E-state index contributed by atoms with van der Waals surface area (Å²) in [5.41, 5.74) is 5.88. The standard InChI is InChI=1S/C10H11N5O4/c11-7-4-8-14(2-12-4)1-3-5(16)6(17)9(19-3)15(8)10(18)13-7/h2-3,5-6,9,16-17H,1H2,(H2,11,13,18)/t3-,5?,6?,9-/m0/s1. The monoisotopic (exact) mass is 265 g/mol. The molecule has 1 fully saturated rings. The van der Waals surface area contributed by atoms with E-state index < -0.39 is 30.2 Å². The number of hydrogen-bond acceptors (Lipinski definition) is 7. The lowest BCUT2D eigenvalue weighted by atomic mass is 10.1. The van der Waals surface area contributed by atoms with Gasteiger partial charge in [-0.2, -0.15) is 4.98 Å². The van der Waals surface area contributed by atoms with E-state index in [1.54, 1.807) is 4.57 Å². The molecule has 0 aliphatic carbocycles. The van der Waals surface area contributed by atoms with Gasteiger partial charge < -0.3 is 25.3 Å². The summed E-state index contributed by atoms with van der Waals surface area (Å²) in [6.07, 6.45) is -2.29. The number of fused-ring (bicyclic) bond motifs is 3. The first-order valence-corrected chi connectivity index (χ1v) is 5.82. The van der Waals surface area contributed by atoms with E-state index in [0.717, 1.165) is 0 Å². The number of nitrogen functional groups attached to an aromatic ring is 1. The fourth-order valence-electron chi connectivity index (χ4n) is 2.76. The van der Waals surface area contributed by atoms with E-state index in [0.29, 0.717) is 11.2 Å². The smallest absolute Gasteiger partial charge is 0.353 e. The minimum Gasteiger partial charge on any atom is -0.387 e. The Morgan fingerprint density at radius 2 is 2.21 bits per heavy atom. The minimum atomic E-state index is -1.18. The first-order valence-electron chi connectivity index (χ1n) is 5.82. The highest BCUT2D eigenvalue weighted by atomic mass is 16.6. The van der Waals surface area contributed by atoms with Crippen molar-refractivity contribution in [2.45, 2.75) is 31.1 Å². The van der Waals surface area contributed by atoms with Gasteiger partial charge in [0.1, 0.15) is 23.8 Å². The van der Waals surface area contributed by atoms with Crippen molar-refractivity contribution in [3.8, 4) is 0 Å². The second-order valence-electron chi connectivity index (χ2n) is 4.77. The van der Waals surface area contributed by atoms with Gasteiger partial charge in [-0.25, -0.2) is 14.3 Å². The van der Waals surface area contributed by atoms with Crippen LogP contribution in [0.15, 0.2) is 11.1 Å². The topological polar surface area (TPSA) is 128 Å². The van der Waals surface area contributed by atoms with Crippen molar-refractivity contribution in [1.29, 1.82) is 0 Å². The molecule has 0 spiro atoms. The van der Waals surface area contributed by atoms with Gasteiger partial charge in [0, 0.05) is 0 Å². The maximum Gasteiger partial charge on any atom is 0.353 e. The highest BCUT2D eigenvalue weighted by Crippen LogP contribution is 2.34. The summed E-state index contributed by atoms with van der Waals surface area (Å²) in [4.78, 5) is 19.8. The maximum absolute atomic E-state index is 12.0. The van der Waals surface area contributed by atoms with Crippen molar-refractivity contribution in [3.63, 3.8) is 0 Å². The largest absolute Gasteiger partial charge is 0.387 e. The first kappa shape index (κ1) is 10.9. The SMILES string of the molecule is Nc1nc(=O)n2c3c1ncn3C[C@@H]1O[C@H]2C(O)C1O. The van der Waals surface area contributed by atoms with E-state index >= 15 is 0 Å². The summed E-state index contributed by atoms with van der Waals surface area (Å²) in [5.74, 6) is 0.0443. The van der Waals surface area contributed by atoms with Crippen molar-refractivity contribution in [2.24, 2.45) is 0 Å². The number of aromatic nitrogens is 4. The van der Waals surface area contributed by atoms with E-state index in [1.807, 2.05) is 0 Å². The molecule has 0 saturated carbocycles. The van der Waals surface area contributed by atoms with Crippen LogP contribution < -0.4 is 11.4 Å². The van der Waals surface area contributed by atoms with E-state index in [9.17, 15) is 15.0 Å². The zero-order valence-electron chi connectivity index (χ0n) is 9.67. The number of hydrogen-bond donors (Lipinski definition) is 3. The molecule has 2 aromatic rings. The van der Waals surface area contributed by atoms with Gasteiger partial charge in [0.2, 0.25) is 0 Å². The molecular formula is C10H11N5O4. The Labute approximate surface area is 105 Å². The molecule has 2 aliphatic heterocycles. The number of ether oxygens (including phenoxy) is 1. The maximum atomic E-state index is 12.0. The molecule has 100 valence electrons. The van der Waals surface area contributed by atoms with Crippen LogP contribution in [0.4, 0.5) is 5.82 Å². The first-order chi connectivity index (χ1) is 9.08. The summed E-state index contributed by atoms with van der Waals surface area (Å²) in [6.45, 7) is 0.286. The Morgan fingerprint density at radius 1 is 1.42 bits per heavy atom. The van der Waals surface area contributed by atoms with Crippen LogP contribution in [-0.2, 0) is 11.3 Å². The van der Waals surface area contributed by atoms with E-state index in [2.05, 4.69) is 9.97 Å². The molecular weight excluding hydrogens is 254 g/mol. The number of aliphatic hydroxyl groups excluding tert-OH is 2. The fraction of sp³-hybridized carbons (Fsp3) is 0.500. The molecule has 4 atom stereocenters. The molecule has 2 bridgehead atoms. The Balaban J connectivity index is 2.11. The van der Waals surface area contributed by atoms with Crippen LogP contribution in [0.25, 0.3) is 11.2 Å². The molecule has 9 heteroatoms. The number of rotatable bonds is 0. The normalized spacial score (nSPS) is 32.7. The molecule has 0 amide bonds. The lowest BCUT2D eigenvalue weighted by molar-refractivity contribution is -0.0352. The van der Waals surface area contributed by atoms with Crippen LogP contribution in [-0.4, -0.2) is 47.6 Å². The zero-order chi connectivity index (χ0) is 13.3. The second kappa shape index (κ2) is 3.32. The summed E-state index contributed by atoms with van der Waals surface area (Å²) in [5, 5.41) is 19.9. The fourth-order valence-corrected chi connectivity index (χ4v) is 2.76. The number of anilines is 1. The molecule has 4 heterocycles. The number of nitrogens with two attached hydrogens (primary N) is 1. The number of imidazole rings is 1. The quantitative estimate of drug-likeness (QED) is 0.493. The summed E-state index contributed by atoms with van der Waals surface area (Å²) < 4.78 is 8.40. The average Bonchev–Trinajstić information content (AvgIpc) is 2.82. The molecule has 0 radical (unpaired) electrons. The van der Waals surface area contributed by atoms with E-state index in [1.165, 1.54) is 10.9 Å². The van der Waals surface area contributed by atoms with Crippen LogP contribution in [0.5, 0.6) is 0 Å². The Kier molecular flexibility index (Phi) is 1.91. The van der Waals surface area contributed by atoms with Crippen molar-refractivity contribution in [3.05, 3.63) is 16.8 Å². The molecule has 19 heavy (non-hydrogen) atoms. The highest BCUT2D eigenvalue weighted by molar-refractivity contribution is 5.82. The van der Waals surface area contributed by atoms with Crippen LogP contribution in [0.1, 0.15) is 6.23 Å². The van der Waals surface area contributed by atoms with Gasteiger partial charge in [-0.3, -0.25) is 0 Å². The average molecular weight is 265 g/mol. The second-order valence-corrected chi connectivity index (χ2v) is 4.77. The third-order valence-corrected chi connectivity index (χ3v) is 3.67. The molecule has 2 unspecified atom stereocenters. The molecule has 9 nitrogen and oxygen atoms in total. The van der Waals surface area contributed by atoms with E-state index in [4.69, 9.17) is 10.5 Å². The van der Waals surface area contributed by atoms with Crippen LogP contribution in [0, 0.1) is 0 Å². The Bertz CT molecular complexity index is 737. The summed E-state index contributed by atoms with van der Waals surface area (Å²) in [7, 11) is 0. The van der Waals surface area contributed by atoms with Gasteiger partial charge in [0.25, 0.3) is 0 Å². The van der Waals surface area contributed by atoms with Crippen molar-refractivity contribution < 1.29 is 14.9 Å². The van der Waals surface area contributed by atoms with Crippen molar-refractivity contribution >= 4 is 17.0 Å². The van der Waals surface area contributed by atoms with Crippen LogP contribution in [0.3, 0.4) is 0 Å². The Hall–Kier alpha value is -1.97. The van der Waals surface area contributed by atoms with Gasteiger partial charge in [-0.15, -0.1) is 0 Å². The lowest BCUT2D eigenvalue weighted by Gasteiger charge is -2.19. The van der Waals surface area contributed by atoms with Gasteiger partial charge in [-0.1, -0.05) is 0 Å². The number of nitrogens with zero attached hydrogens (tertiary/aromatic N) is 4. The molecule has 1 saturated heterocycles. The third-order valence-electron chi connectivity index (χ3n) is 3.67. The summed E-state index contributed by atoms with van der Waals surface area (Å²) in [6, 6.07) is 0. The Morgan fingerprint density at radius 3 is 3.00 bits per heavy atom. The molecule has 0 aromatic carbocycles. The van der Waals surface area contributed by atoms with Crippen molar-refractivity contribution in [2.75, 3.05) is 5.73 Å². The minimum absolute atomic E-state index is 0.0443. The van der Waals surface area contributed by atoms with Gasteiger partial charge >= 0.3 is 5.69 Å². The molecule has 4 rings (SSSR count). The van der Waals surface area contributed by atoms with Crippen LogP contribution >= 0.6 is 0 Å². The number of aliphatic hydroxyl groups is 2. The highest BCUT2D eigenvalue weighted by Gasteiger charge is 2.47. The van der Waals surface area contributed by atoms with Gasteiger partial charge in [0.05, 0.1) is 12.9 Å². The summed E-state index contributed by atoms with van der Waals surface area (Å²) >= 11 is 0.